The molecule has 1 heterocycles. The normalized spacial score (nSPS) is 22.3. The summed E-state index contributed by atoms with van der Waals surface area (Å²) in [7, 11) is 0. The Kier molecular flexibility index (Phi) is 16.9. The molecule has 0 saturated heterocycles. The number of aliphatic hydroxyl groups excluding tert-OH is 2. The molecule has 4 aromatic rings. The summed E-state index contributed by atoms with van der Waals surface area (Å²) >= 11 is 6.05. The number of aliphatic hydroxyl groups is 2. The lowest BCUT2D eigenvalue weighted by atomic mass is 9.55. The van der Waals surface area contributed by atoms with Crippen molar-refractivity contribution in [1.82, 2.24) is 4.90 Å². The summed E-state index contributed by atoms with van der Waals surface area (Å²) in [6.07, 6.45) is 8.53. The summed E-state index contributed by atoms with van der Waals surface area (Å²) < 4.78 is 26.7. The van der Waals surface area contributed by atoms with Crippen molar-refractivity contribution in [3.63, 3.8) is 0 Å². The van der Waals surface area contributed by atoms with Gasteiger partial charge in [-0.2, -0.15) is 0 Å². The molecule has 0 unspecified atom stereocenters. The van der Waals surface area contributed by atoms with Crippen LogP contribution in [0.5, 0.6) is 17.2 Å². The molecule has 7 rings (SSSR count). The topological polar surface area (TPSA) is 162 Å². The predicted octanol–water partition coefficient (Wildman–Crippen LogP) is 11.0. The van der Waals surface area contributed by atoms with Crippen LogP contribution in [0.25, 0.3) is 11.1 Å². The zero-order valence-corrected chi connectivity index (χ0v) is 38.2. The molecule has 1 saturated carbocycles. The first-order valence-electron chi connectivity index (χ1n) is 23.0. The smallest absolute Gasteiger partial charge is 0.410 e. The minimum atomic E-state index is -1.47. The highest BCUT2D eigenvalue weighted by atomic mass is 35.5. The highest BCUT2D eigenvalue weighted by Crippen LogP contribution is 2.62. The van der Waals surface area contributed by atoms with E-state index in [-0.39, 0.29) is 68.8 Å². The second-order valence-electron chi connectivity index (χ2n) is 17.0. The van der Waals surface area contributed by atoms with Gasteiger partial charge < -0.3 is 34.0 Å². The lowest BCUT2D eigenvalue weighted by molar-refractivity contribution is -0.384. The van der Waals surface area contributed by atoms with Gasteiger partial charge in [0, 0.05) is 49.8 Å². The van der Waals surface area contributed by atoms with E-state index in [0.29, 0.717) is 54.3 Å². The number of hydrogen-bond acceptors (Lipinski definition) is 11. The third kappa shape index (κ3) is 10.9. The number of nitro benzene ring substituents is 1. The van der Waals surface area contributed by atoms with Crippen LogP contribution in [-0.4, -0.2) is 82.5 Å². The van der Waals surface area contributed by atoms with E-state index >= 15 is 0 Å². The Hall–Kier alpha value is -5.73. The fourth-order valence-electron chi connectivity index (χ4n) is 9.92. The van der Waals surface area contributed by atoms with Crippen LogP contribution < -0.4 is 9.47 Å². The predicted molar refractivity (Wildman–Crippen MR) is 254 cm³/mol. The van der Waals surface area contributed by atoms with Crippen LogP contribution in [0.4, 0.5) is 10.5 Å². The van der Waals surface area contributed by atoms with Crippen molar-refractivity contribution in [2.24, 2.45) is 22.9 Å². The van der Waals surface area contributed by atoms with Gasteiger partial charge in [0.2, 0.25) is 5.79 Å². The number of ether oxygens (including phenoxy) is 4. The largest absolute Gasteiger partial charge is 0.459 e. The van der Waals surface area contributed by atoms with Gasteiger partial charge >= 0.3 is 6.09 Å². The number of allylic oxidation sites excluding steroid dienone is 1. The molecule has 2 N–H and O–H groups in total. The number of non-ortho nitro benzene ring substituents is 1. The van der Waals surface area contributed by atoms with Crippen LogP contribution in [0.3, 0.4) is 0 Å². The van der Waals surface area contributed by atoms with Crippen LogP contribution in [0.2, 0.25) is 0 Å². The molecule has 3 aliphatic rings. The van der Waals surface area contributed by atoms with Crippen LogP contribution in [0, 0.1) is 27.9 Å². The minimum absolute atomic E-state index is 0.00241. The maximum absolute atomic E-state index is 14.2. The summed E-state index contributed by atoms with van der Waals surface area (Å²) in [5, 5.41) is 36.2. The molecule has 2 aliphatic carbocycles. The first-order valence-corrected chi connectivity index (χ1v) is 23.5. The van der Waals surface area contributed by atoms with Gasteiger partial charge in [-0.3, -0.25) is 15.0 Å². The Labute approximate surface area is 391 Å². The van der Waals surface area contributed by atoms with Gasteiger partial charge in [0.25, 0.3) is 5.69 Å². The van der Waals surface area contributed by atoms with Crippen molar-refractivity contribution in [1.29, 1.82) is 0 Å². The SMILES string of the molecule is C=CCO[C@@]12Oc3ccc(Oc4ccc(-c5ccccc5)cc4)cc3[C@H]3[C@H](CCCCO)[C@@H](CCCCO)C=C(C(=NOCc4ccc([N+](=O)[O-])cc4)C[C@@H]1N(CCC)C(=O)OCCCl)[C@H]32. The number of amides is 1. The van der Waals surface area contributed by atoms with Gasteiger partial charge in [0.1, 0.15) is 36.5 Å². The number of unbranched alkanes of at least 4 members (excludes halogenated alkanes) is 2. The van der Waals surface area contributed by atoms with E-state index in [4.69, 9.17) is 40.5 Å². The van der Waals surface area contributed by atoms with Gasteiger partial charge in [-0.25, -0.2) is 4.79 Å². The second kappa shape index (κ2) is 23.1. The summed E-state index contributed by atoms with van der Waals surface area (Å²) in [5.41, 5.74) is 5.24. The maximum Gasteiger partial charge on any atom is 0.410 e. The summed E-state index contributed by atoms with van der Waals surface area (Å²) in [6.45, 7) is 6.61. The van der Waals surface area contributed by atoms with E-state index in [1.54, 1.807) is 23.1 Å². The van der Waals surface area contributed by atoms with Gasteiger partial charge in [-0.1, -0.05) is 79.5 Å². The molecule has 0 bridgehead atoms. The number of fused-ring (bicyclic) bond motifs is 2. The number of oxime groups is 1. The first-order chi connectivity index (χ1) is 32.2. The molecule has 1 amide bonds. The van der Waals surface area contributed by atoms with Gasteiger partial charge in [0.05, 0.1) is 29.0 Å². The second-order valence-corrected chi connectivity index (χ2v) is 17.3. The first kappa shape index (κ1) is 48.2. The molecule has 0 radical (unpaired) electrons. The van der Waals surface area contributed by atoms with E-state index in [9.17, 15) is 25.1 Å². The number of nitro groups is 1. The third-order valence-corrected chi connectivity index (χ3v) is 12.9. The number of benzene rings is 4. The standard InChI is InChI=1S/C52H60ClN3O10/c1-3-27-55(51(59)62-31-26-53)48-34-46(54-64-35-36-16-20-40(21-17-36)56(60)61)44-32-39(14-8-10-28-57)43(15-9-11-29-58)49-45-33-42(24-25-47(45)66-52(48,50(44)49)63-30-4-2)65-41-22-18-38(19-23-41)37-12-6-5-7-13-37/h4-7,12-13,16-25,32-33,39,43,48-50,57-58H,2-3,8-11,14-15,26-31,34-35H2,1H3/t39-,43+,48-,49+,50+,52+/m0/s1. The molecule has 1 aliphatic heterocycles. The number of rotatable bonds is 23. The monoisotopic (exact) mass is 921 g/mol. The fourth-order valence-corrected chi connectivity index (χ4v) is 9.99. The zero-order valence-electron chi connectivity index (χ0n) is 37.5. The molecule has 1 fully saturated rings. The molecule has 4 aromatic carbocycles. The summed E-state index contributed by atoms with van der Waals surface area (Å²) in [5.74, 6) is -0.257. The Morgan fingerprint density at radius 2 is 1.68 bits per heavy atom. The van der Waals surface area contributed by atoms with E-state index in [0.717, 1.165) is 47.9 Å². The Morgan fingerprint density at radius 1 is 0.970 bits per heavy atom. The average molecular weight is 923 g/mol. The van der Waals surface area contributed by atoms with Gasteiger partial charge in [0.15, 0.2) is 0 Å². The number of halogens is 1. The van der Waals surface area contributed by atoms with Gasteiger partial charge in [-0.15, -0.1) is 18.2 Å². The average Bonchev–Trinajstić information content (AvgIpc) is 3.34. The van der Waals surface area contributed by atoms with E-state index < -0.39 is 28.8 Å². The lowest BCUT2D eigenvalue weighted by Gasteiger charge is -2.59. The molecule has 0 aromatic heterocycles. The molecule has 66 heavy (non-hydrogen) atoms. The molecule has 350 valence electrons. The molecular weight excluding hydrogens is 862 g/mol. The number of hydrogen-bond donors (Lipinski definition) is 2. The number of nitrogens with zero attached hydrogens (tertiary/aromatic N) is 3. The Morgan fingerprint density at radius 3 is 2.36 bits per heavy atom. The molecule has 14 heteroatoms. The number of carbonyl (C=O) groups excluding carboxylic acids is 1. The van der Waals surface area contributed by atoms with Crippen molar-refractivity contribution in [2.45, 2.75) is 82.6 Å². The Bertz CT molecular complexity index is 2310. The maximum atomic E-state index is 14.2. The van der Waals surface area contributed by atoms with Crippen LogP contribution in [0.1, 0.15) is 75.3 Å². The van der Waals surface area contributed by atoms with Gasteiger partial charge in [-0.05, 0) is 109 Å². The fraction of sp³-hybridized carbons (Fsp3) is 0.423. The molecule has 6 atom stereocenters. The van der Waals surface area contributed by atoms with Crippen molar-refractivity contribution in [2.75, 3.05) is 38.9 Å². The summed E-state index contributed by atoms with van der Waals surface area (Å²) in [6, 6.07) is 29.4. The van der Waals surface area contributed by atoms with Crippen molar-refractivity contribution >= 4 is 29.1 Å². The third-order valence-electron chi connectivity index (χ3n) is 12.8. The van der Waals surface area contributed by atoms with Crippen LogP contribution in [-0.2, 0) is 20.9 Å². The van der Waals surface area contributed by atoms with Crippen LogP contribution >= 0.6 is 11.6 Å². The number of alkyl halides is 1. The lowest BCUT2D eigenvalue weighted by Crippen LogP contribution is -2.70. The van der Waals surface area contributed by atoms with Crippen molar-refractivity contribution in [3.8, 4) is 28.4 Å². The quantitative estimate of drug-likeness (QED) is 0.0241. The minimum Gasteiger partial charge on any atom is -0.459 e. The highest BCUT2D eigenvalue weighted by Gasteiger charge is 2.65. The molecular formula is C52H60ClN3O10. The summed E-state index contributed by atoms with van der Waals surface area (Å²) in [4.78, 5) is 33.0. The molecule has 0 spiro atoms. The zero-order chi connectivity index (χ0) is 46.5. The number of carbonyl (C=O) groups is 1. The van der Waals surface area contributed by atoms with E-state index in [1.807, 2.05) is 61.5 Å². The molecule has 13 nitrogen and oxygen atoms in total. The van der Waals surface area contributed by atoms with Crippen molar-refractivity contribution in [3.05, 3.63) is 143 Å². The highest BCUT2D eigenvalue weighted by molar-refractivity contribution is 6.18. The Balaban J connectivity index is 1.38. The van der Waals surface area contributed by atoms with Crippen LogP contribution in [0.15, 0.2) is 127 Å². The van der Waals surface area contributed by atoms with E-state index in [1.165, 1.54) is 12.1 Å². The van der Waals surface area contributed by atoms with Crippen molar-refractivity contribution < 1.29 is 43.7 Å². The van der Waals surface area contributed by atoms with E-state index in [2.05, 4.69) is 30.9 Å².